The minimum Gasteiger partial charge on any atom is -0.497 e. The van der Waals surface area contributed by atoms with E-state index in [-0.39, 0.29) is 6.04 Å². The largest absolute Gasteiger partial charge is 0.497 e. The number of hydrogen-bond donors (Lipinski definition) is 1. The van der Waals surface area contributed by atoms with Crippen molar-refractivity contribution in [1.29, 1.82) is 5.26 Å². The van der Waals surface area contributed by atoms with E-state index in [4.69, 9.17) is 14.7 Å². The number of ether oxygens (including phenoxy) is 2. The zero-order valence-corrected chi connectivity index (χ0v) is 13.2. The summed E-state index contributed by atoms with van der Waals surface area (Å²) in [6.45, 7) is 2.80. The van der Waals surface area contributed by atoms with Crippen molar-refractivity contribution in [1.82, 2.24) is 5.32 Å². The van der Waals surface area contributed by atoms with Gasteiger partial charge in [0.15, 0.2) is 0 Å². The van der Waals surface area contributed by atoms with Crippen LogP contribution in [0, 0.1) is 11.3 Å². The van der Waals surface area contributed by atoms with Crippen molar-refractivity contribution in [3.05, 3.63) is 45.6 Å². The summed E-state index contributed by atoms with van der Waals surface area (Å²) in [4.78, 5) is 1.87. The molecule has 0 amide bonds. The Balaban J connectivity index is 2.08. The van der Waals surface area contributed by atoms with Gasteiger partial charge in [-0.15, -0.1) is 11.3 Å². The summed E-state index contributed by atoms with van der Waals surface area (Å²) in [5.74, 6) is 1.64. The van der Waals surface area contributed by atoms with E-state index in [1.165, 1.54) is 11.3 Å². The number of methoxy groups -OCH3 is 2. The lowest BCUT2D eigenvalue weighted by molar-refractivity contribution is 0.391. The monoisotopic (exact) mass is 302 g/mol. The lowest BCUT2D eigenvalue weighted by Crippen LogP contribution is -2.18. The van der Waals surface area contributed by atoms with E-state index in [1.54, 1.807) is 14.2 Å². The van der Waals surface area contributed by atoms with Crippen LogP contribution in [0.4, 0.5) is 0 Å². The standard InChI is InChI=1S/C16H18N2O2S/c1-11(18-10-14-6-5-13(9-17)21-14)15-8-12(19-2)4-7-16(15)20-3/h4-8,11,18H,10H2,1-3H3. The van der Waals surface area contributed by atoms with Crippen molar-refractivity contribution < 1.29 is 9.47 Å². The molecule has 1 N–H and O–H groups in total. The molecule has 0 fully saturated rings. The summed E-state index contributed by atoms with van der Waals surface area (Å²) in [7, 11) is 3.31. The Morgan fingerprint density at radius 3 is 2.67 bits per heavy atom. The molecule has 0 spiro atoms. The van der Waals surface area contributed by atoms with Crippen LogP contribution in [0.25, 0.3) is 0 Å². The number of rotatable bonds is 6. The van der Waals surface area contributed by atoms with Crippen LogP contribution in [-0.2, 0) is 6.54 Å². The Bertz CT molecular complexity index is 646. The molecule has 21 heavy (non-hydrogen) atoms. The first kappa shape index (κ1) is 15.4. The Hall–Kier alpha value is -2.03. The molecule has 0 aliphatic carbocycles. The molecule has 1 unspecified atom stereocenters. The molecule has 1 aromatic heterocycles. The molecule has 0 aliphatic rings. The van der Waals surface area contributed by atoms with Crippen molar-refractivity contribution in [2.45, 2.75) is 19.5 Å². The number of nitrogens with one attached hydrogen (secondary N) is 1. The zero-order chi connectivity index (χ0) is 15.2. The number of benzene rings is 1. The highest BCUT2D eigenvalue weighted by molar-refractivity contribution is 7.12. The van der Waals surface area contributed by atoms with Gasteiger partial charge in [-0.1, -0.05) is 0 Å². The van der Waals surface area contributed by atoms with Gasteiger partial charge in [0.25, 0.3) is 0 Å². The number of thiophene rings is 1. The zero-order valence-electron chi connectivity index (χ0n) is 12.3. The average Bonchev–Trinajstić information content (AvgIpc) is 3.00. The van der Waals surface area contributed by atoms with E-state index in [9.17, 15) is 0 Å². The van der Waals surface area contributed by atoms with E-state index < -0.39 is 0 Å². The predicted octanol–water partition coefficient (Wildman–Crippen LogP) is 3.49. The molecule has 1 atom stereocenters. The van der Waals surface area contributed by atoms with Gasteiger partial charge in [0.05, 0.1) is 14.2 Å². The minimum atomic E-state index is 0.114. The van der Waals surface area contributed by atoms with Crippen LogP contribution < -0.4 is 14.8 Å². The van der Waals surface area contributed by atoms with Crippen LogP contribution >= 0.6 is 11.3 Å². The van der Waals surface area contributed by atoms with Gasteiger partial charge >= 0.3 is 0 Å². The number of nitrogens with zero attached hydrogens (tertiary/aromatic N) is 1. The van der Waals surface area contributed by atoms with Crippen LogP contribution in [0.2, 0.25) is 0 Å². The van der Waals surface area contributed by atoms with Gasteiger partial charge in [-0.05, 0) is 37.3 Å². The van der Waals surface area contributed by atoms with Gasteiger partial charge < -0.3 is 14.8 Å². The van der Waals surface area contributed by atoms with Crippen molar-refractivity contribution in [2.24, 2.45) is 0 Å². The summed E-state index contributed by atoms with van der Waals surface area (Å²) >= 11 is 1.51. The lowest BCUT2D eigenvalue weighted by atomic mass is 10.1. The van der Waals surface area contributed by atoms with Crippen LogP contribution in [0.1, 0.15) is 28.3 Å². The molecule has 0 saturated heterocycles. The molecule has 0 saturated carbocycles. The highest BCUT2D eigenvalue weighted by Gasteiger charge is 2.13. The Kier molecular flexibility index (Phi) is 5.20. The van der Waals surface area contributed by atoms with Crippen molar-refractivity contribution in [2.75, 3.05) is 14.2 Å². The second-order valence-corrected chi connectivity index (χ2v) is 5.76. The SMILES string of the molecule is COc1ccc(OC)c(C(C)NCc2ccc(C#N)s2)c1. The van der Waals surface area contributed by atoms with Gasteiger partial charge in [-0.25, -0.2) is 0 Å². The molecule has 0 bridgehead atoms. The lowest BCUT2D eigenvalue weighted by Gasteiger charge is -2.18. The fourth-order valence-electron chi connectivity index (χ4n) is 2.07. The normalized spacial score (nSPS) is 11.7. The topological polar surface area (TPSA) is 54.3 Å². The molecule has 110 valence electrons. The molecule has 1 aromatic carbocycles. The summed E-state index contributed by atoms with van der Waals surface area (Å²) in [6.07, 6.45) is 0. The second kappa shape index (κ2) is 7.11. The van der Waals surface area contributed by atoms with Crippen LogP contribution in [0.5, 0.6) is 11.5 Å². The maximum atomic E-state index is 8.84. The first-order valence-electron chi connectivity index (χ1n) is 6.62. The van der Waals surface area contributed by atoms with Crippen molar-refractivity contribution in [3.8, 4) is 17.6 Å². The minimum absolute atomic E-state index is 0.114. The van der Waals surface area contributed by atoms with Gasteiger partial charge in [0.2, 0.25) is 0 Å². The average molecular weight is 302 g/mol. The first-order chi connectivity index (χ1) is 10.2. The fraction of sp³-hybridized carbons (Fsp3) is 0.312. The molecular formula is C16H18N2O2S. The maximum absolute atomic E-state index is 8.84. The molecule has 0 aliphatic heterocycles. The van der Waals surface area contributed by atoms with Crippen LogP contribution in [0.3, 0.4) is 0 Å². The van der Waals surface area contributed by atoms with E-state index >= 15 is 0 Å². The molecule has 0 radical (unpaired) electrons. The summed E-state index contributed by atoms with van der Waals surface area (Å²) in [6, 6.07) is 11.9. The third-order valence-electron chi connectivity index (χ3n) is 3.26. The predicted molar refractivity (Wildman–Crippen MR) is 83.8 cm³/mol. The van der Waals surface area contributed by atoms with Gasteiger partial charge in [-0.2, -0.15) is 5.26 Å². The number of nitriles is 1. The third-order valence-corrected chi connectivity index (χ3v) is 4.25. The molecular weight excluding hydrogens is 284 g/mol. The molecule has 4 nitrogen and oxygen atoms in total. The van der Waals surface area contributed by atoms with Gasteiger partial charge in [0, 0.05) is 23.0 Å². The maximum Gasteiger partial charge on any atom is 0.123 e. The van der Waals surface area contributed by atoms with Gasteiger partial charge in [-0.3, -0.25) is 0 Å². The molecule has 1 heterocycles. The Morgan fingerprint density at radius 2 is 2.05 bits per heavy atom. The quantitative estimate of drug-likeness (QED) is 0.887. The molecule has 5 heteroatoms. The Morgan fingerprint density at radius 1 is 1.24 bits per heavy atom. The summed E-state index contributed by atoms with van der Waals surface area (Å²) < 4.78 is 10.7. The highest BCUT2D eigenvalue weighted by atomic mass is 32.1. The fourth-order valence-corrected chi connectivity index (χ4v) is 2.83. The van der Waals surface area contributed by atoms with E-state index in [1.807, 2.05) is 30.3 Å². The summed E-state index contributed by atoms with van der Waals surface area (Å²) in [5.41, 5.74) is 1.05. The number of hydrogen-bond acceptors (Lipinski definition) is 5. The van der Waals surface area contributed by atoms with Crippen LogP contribution in [0.15, 0.2) is 30.3 Å². The second-order valence-electron chi connectivity index (χ2n) is 4.59. The van der Waals surface area contributed by atoms with E-state index in [0.717, 1.165) is 26.8 Å². The molecule has 2 rings (SSSR count). The van der Waals surface area contributed by atoms with Crippen LogP contribution in [-0.4, -0.2) is 14.2 Å². The van der Waals surface area contributed by atoms with E-state index in [0.29, 0.717) is 6.54 Å². The molecule has 2 aromatic rings. The first-order valence-corrected chi connectivity index (χ1v) is 7.43. The third kappa shape index (κ3) is 3.75. The summed E-state index contributed by atoms with van der Waals surface area (Å²) in [5, 5.41) is 12.3. The van der Waals surface area contributed by atoms with Crippen molar-refractivity contribution >= 4 is 11.3 Å². The van der Waals surface area contributed by atoms with Gasteiger partial charge in [0.1, 0.15) is 22.4 Å². The smallest absolute Gasteiger partial charge is 0.123 e. The van der Waals surface area contributed by atoms with Crippen molar-refractivity contribution in [3.63, 3.8) is 0 Å². The van der Waals surface area contributed by atoms with E-state index in [2.05, 4.69) is 18.3 Å². The highest BCUT2D eigenvalue weighted by Crippen LogP contribution is 2.29. The Labute approximate surface area is 128 Å².